The summed E-state index contributed by atoms with van der Waals surface area (Å²) in [6, 6.07) is 9.09. The van der Waals surface area contributed by atoms with Crippen LogP contribution in [-0.2, 0) is 13.2 Å². The number of furan rings is 1. The van der Waals surface area contributed by atoms with Gasteiger partial charge in [0.05, 0.1) is 18.4 Å². The van der Waals surface area contributed by atoms with Gasteiger partial charge in [0.1, 0.15) is 5.76 Å². The quantitative estimate of drug-likeness (QED) is 0.866. The summed E-state index contributed by atoms with van der Waals surface area (Å²) in [5.41, 5.74) is 2.40. The van der Waals surface area contributed by atoms with Gasteiger partial charge in [-0.05, 0) is 24.1 Å². The molecular formula is C14H15NO3. The van der Waals surface area contributed by atoms with Crippen molar-refractivity contribution >= 4 is 5.91 Å². The lowest BCUT2D eigenvalue weighted by Gasteiger charge is -2.05. The Morgan fingerprint density at radius 2 is 1.89 bits per heavy atom. The van der Waals surface area contributed by atoms with Gasteiger partial charge in [0.2, 0.25) is 0 Å². The molecule has 4 nitrogen and oxygen atoms in total. The Kier molecular flexibility index (Phi) is 3.79. The molecule has 1 heterocycles. The summed E-state index contributed by atoms with van der Waals surface area (Å²) in [5.74, 6) is 0.468. The number of hydrogen-bond donors (Lipinski definition) is 2. The molecule has 1 amide bonds. The SMILES string of the molecule is Cc1occc1C(=O)NCc1ccc(CO)cc1. The molecule has 0 bridgehead atoms. The molecule has 0 aliphatic heterocycles. The summed E-state index contributed by atoms with van der Waals surface area (Å²) < 4.78 is 5.08. The van der Waals surface area contributed by atoms with E-state index in [2.05, 4.69) is 5.32 Å². The predicted octanol–water partition coefficient (Wildman–Crippen LogP) is 2.01. The monoisotopic (exact) mass is 245 g/mol. The molecule has 0 atom stereocenters. The number of aliphatic hydroxyl groups excluding tert-OH is 1. The molecule has 0 spiro atoms. The third kappa shape index (κ3) is 2.78. The van der Waals surface area contributed by atoms with Crippen molar-refractivity contribution in [2.45, 2.75) is 20.1 Å². The number of hydrogen-bond acceptors (Lipinski definition) is 3. The van der Waals surface area contributed by atoms with E-state index < -0.39 is 0 Å². The second kappa shape index (κ2) is 5.51. The van der Waals surface area contributed by atoms with Crippen LogP contribution in [0.5, 0.6) is 0 Å². The topological polar surface area (TPSA) is 62.5 Å². The Morgan fingerprint density at radius 1 is 1.22 bits per heavy atom. The van der Waals surface area contributed by atoms with Crippen LogP contribution < -0.4 is 5.32 Å². The van der Waals surface area contributed by atoms with Crippen LogP contribution in [0.25, 0.3) is 0 Å². The molecule has 0 aliphatic carbocycles. The number of carbonyl (C=O) groups is 1. The highest BCUT2D eigenvalue weighted by molar-refractivity contribution is 5.94. The Hall–Kier alpha value is -2.07. The van der Waals surface area contributed by atoms with Gasteiger partial charge in [-0.25, -0.2) is 0 Å². The van der Waals surface area contributed by atoms with Gasteiger partial charge in [0.15, 0.2) is 0 Å². The molecule has 0 radical (unpaired) electrons. The Bertz CT molecular complexity index is 528. The van der Waals surface area contributed by atoms with Crippen molar-refractivity contribution in [3.05, 3.63) is 59.0 Å². The zero-order valence-electron chi connectivity index (χ0n) is 10.1. The van der Waals surface area contributed by atoms with Crippen LogP contribution in [0.15, 0.2) is 41.0 Å². The maximum absolute atomic E-state index is 11.8. The molecule has 0 saturated carbocycles. The highest BCUT2D eigenvalue weighted by Gasteiger charge is 2.10. The zero-order chi connectivity index (χ0) is 13.0. The Morgan fingerprint density at radius 3 is 2.44 bits per heavy atom. The first-order valence-corrected chi connectivity index (χ1v) is 5.71. The fourth-order valence-corrected chi connectivity index (χ4v) is 1.66. The molecule has 94 valence electrons. The van der Waals surface area contributed by atoms with Crippen LogP contribution in [0, 0.1) is 6.92 Å². The molecule has 2 rings (SSSR count). The molecule has 1 aromatic carbocycles. The smallest absolute Gasteiger partial charge is 0.255 e. The largest absolute Gasteiger partial charge is 0.469 e. The predicted molar refractivity (Wildman–Crippen MR) is 67.0 cm³/mol. The lowest BCUT2D eigenvalue weighted by molar-refractivity contribution is 0.0949. The van der Waals surface area contributed by atoms with Crippen LogP contribution in [0.1, 0.15) is 27.2 Å². The van der Waals surface area contributed by atoms with E-state index in [0.29, 0.717) is 17.9 Å². The second-order valence-electron chi connectivity index (χ2n) is 4.05. The number of aliphatic hydroxyl groups is 1. The van der Waals surface area contributed by atoms with Crippen LogP contribution >= 0.6 is 0 Å². The fraction of sp³-hybridized carbons (Fsp3) is 0.214. The van der Waals surface area contributed by atoms with Crippen molar-refractivity contribution in [1.82, 2.24) is 5.32 Å². The van der Waals surface area contributed by atoms with Crippen molar-refractivity contribution < 1.29 is 14.3 Å². The Balaban J connectivity index is 1.95. The summed E-state index contributed by atoms with van der Waals surface area (Å²) >= 11 is 0. The zero-order valence-corrected chi connectivity index (χ0v) is 10.1. The molecule has 1 aromatic heterocycles. The fourth-order valence-electron chi connectivity index (χ4n) is 1.66. The number of rotatable bonds is 4. The van der Waals surface area contributed by atoms with E-state index in [9.17, 15) is 4.79 Å². The van der Waals surface area contributed by atoms with Crippen LogP contribution in [0.2, 0.25) is 0 Å². The summed E-state index contributed by atoms with van der Waals surface area (Å²) in [7, 11) is 0. The number of carbonyl (C=O) groups excluding carboxylic acids is 1. The van der Waals surface area contributed by atoms with E-state index in [4.69, 9.17) is 9.52 Å². The first-order valence-electron chi connectivity index (χ1n) is 5.71. The molecule has 0 saturated heterocycles. The van der Waals surface area contributed by atoms with Crippen molar-refractivity contribution in [3.8, 4) is 0 Å². The van der Waals surface area contributed by atoms with Gasteiger partial charge in [0, 0.05) is 6.54 Å². The molecule has 18 heavy (non-hydrogen) atoms. The molecule has 0 unspecified atom stereocenters. The van der Waals surface area contributed by atoms with E-state index in [1.165, 1.54) is 6.26 Å². The molecule has 0 aliphatic rings. The summed E-state index contributed by atoms with van der Waals surface area (Å²) in [4.78, 5) is 11.8. The maximum Gasteiger partial charge on any atom is 0.255 e. The average molecular weight is 245 g/mol. The number of nitrogens with one attached hydrogen (secondary N) is 1. The minimum atomic E-state index is -0.146. The van der Waals surface area contributed by atoms with Crippen molar-refractivity contribution in [2.24, 2.45) is 0 Å². The van der Waals surface area contributed by atoms with Gasteiger partial charge in [0.25, 0.3) is 5.91 Å². The average Bonchev–Trinajstić information content (AvgIpc) is 2.83. The molecule has 2 N–H and O–H groups in total. The van der Waals surface area contributed by atoms with E-state index >= 15 is 0 Å². The number of aryl methyl sites for hydroxylation is 1. The van der Waals surface area contributed by atoms with Crippen LogP contribution in [0.3, 0.4) is 0 Å². The van der Waals surface area contributed by atoms with Gasteiger partial charge >= 0.3 is 0 Å². The van der Waals surface area contributed by atoms with Crippen molar-refractivity contribution in [1.29, 1.82) is 0 Å². The number of benzene rings is 1. The van der Waals surface area contributed by atoms with Gasteiger partial charge in [-0.2, -0.15) is 0 Å². The maximum atomic E-state index is 11.8. The summed E-state index contributed by atoms with van der Waals surface area (Å²) in [5, 5.41) is 11.7. The minimum absolute atomic E-state index is 0.0286. The van der Waals surface area contributed by atoms with Crippen molar-refractivity contribution in [3.63, 3.8) is 0 Å². The van der Waals surface area contributed by atoms with E-state index in [-0.39, 0.29) is 12.5 Å². The third-order valence-electron chi connectivity index (χ3n) is 2.76. The summed E-state index contributed by atoms with van der Waals surface area (Å²) in [6.45, 7) is 2.24. The van der Waals surface area contributed by atoms with Crippen molar-refractivity contribution in [2.75, 3.05) is 0 Å². The van der Waals surface area contributed by atoms with E-state index in [0.717, 1.165) is 11.1 Å². The highest BCUT2D eigenvalue weighted by atomic mass is 16.3. The first kappa shape index (κ1) is 12.4. The summed E-state index contributed by atoms with van der Waals surface area (Å²) in [6.07, 6.45) is 1.50. The molecule has 0 fully saturated rings. The van der Waals surface area contributed by atoms with Crippen LogP contribution in [-0.4, -0.2) is 11.0 Å². The lowest BCUT2D eigenvalue weighted by Crippen LogP contribution is -2.22. The molecule has 4 heteroatoms. The van der Waals surface area contributed by atoms with Gasteiger partial charge in [-0.1, -0.05) is 24.3 Å². The first-order chi connectivity index (χ1) is 8.70. The Labute approximate surface area is 105 Å². The standard InChI is InChI=1S/C14H15NO3/c1-10-13(6-7-18-10)14(17)15-8-11-2-4-12(9-16)5-3-11/h2-7,16H,8-9H2,1H3,(H,15,17). The third-order valence-corrected chi connectivity index (χ3v) is 2.76. The molecular weight excluding hydrogens is 230 g/mol. The number of amides is 1. The van der Waals surface area contributed by atoms with Crippen LogP contribution in [0.4, 0.5) is 0 Å². The van der Waals surface area contributed by atoms with E-state index in [1.807, 2.05) is 24.3 Å². The van der Waals surface area contributed by atoms with E-state index in [1.54, 1.807) is 13.0 Å². The normalized spacial score (nSPS) is 10.3. The minimum Gasteiger partial charge on any atom is -0.469 e. The lowest BCUT2D eigenvalue weighted by atomic mass is 10.1. The van der Waals surface area contributed by atoms with Gasteiger partial charge in [-0.15, -0.1) is 0 Å². The van der Waals surface area contributed by atoms with Gasteiger partial charge in [-0.3, -0.25) is 4.79 Å². The highest BCUT2D eigenvalue weighted by Crippen LogP contribution is 2.09. The molecule has 2 aromatic rings. The second-order valence-corrected chi connectivity index (χ2v) is 4.05. The van der Waals surface area contributed by atoms with Gasteiger partial charge < -0.3 is 14.8 Å².